The van der Waals surface area contributed by atoms with E-state index in [0.29, 0.717) is 6.54 Å². The fourth-order valence-electron chi connectivity index (χ4n) is 3.55. The van der Waals surface area contributed by atoms with Crippen LogP contribution in [0.5, 0.6) is 0 Å². The maximum absolute atomic E-state index is 12.3. The number of hydrogen-bond acceptors (Lipinski definition) is 7. The summed E-state index contributed by atoms with van der Waals surface area (Å²) >= 11 is 0. The Morgan fingerprint density at radius 1 is 1.36 bits per heavy atom. The van der Waals surface area contributed by atoms with Gasteiger partial charge in [0.25, 0.3) is 5.54 Å². The van der Waals surface area contributed by atoms with Crippen LogP contribution in [0.2, 0.25) is 0 Å². The fourth-order valence-corrected chi connectivity index (χ4v) is 3.55. The van der Waals surface area contributed by atoms with Crippen LogP contribution in [0, 0.1) is 26.1 Å². The lowest BCUT2D eigenvalue weighted by Gasteiger charge is -2.47. The largest absolute Gasteiger partial charge is 0.305 e. The lowest BCUT2D eigenvalue weighted by Crippen LogP contribution is -2.75. The van der Waals surface area contributed by atoms with Gasteiger partial charge in [0.2, 0.25) is 5.78 Å². The summed E-state index contributed by atoms with van der Waals surface area (Å²) in [5.41, 5.74) is -3.93. The number of ketones is 2. The number of nitrogens with zero attached hydrogens (tertiary/aromatic N) is 3. The van der Waals surface area contributed by atoms with Crippen LogP contribution in [0.25, 0.3) is 0 Å². The van der Waals surface area contributed by atoms with Crippen molar-refractivity contribution in [2.45, 2.75) is 31.3 Å². The molecule has 1 aliphatic carbocycles. The molecule has 1 fully saturated rings. The summed E-state index contributed by atoms with van der Waals surface area (Å²) in [6.45, 7) is 3.02. The lowest BCUT2D eigenvalue weighted by molar-refractivity contribution is -0.623. The average molecular weight is 311 g/mol. The zero-order valence-corrected chi connectivity index (χ0v) is 12.4. The van der Waals surface area contributed by atoms with Crippen LogP contribution in [-0.2, 0) is 9.59 Å². The van der Waals surface area contributed by atoms with E-state index in [-0.39, 0.29) is 19.5 Å². The third-order valence-corrected chi connectivity index (χ3v) is 4.68. The van der Waals surface area contributed by atoms with E-state index in [1.165, 1.54) is 11.8 Å². The van der Waals surface area contributed by atoms with Gasteiger partial charge in [-0.05, 0) is 25.6 Å². The van der Waals surface area contributed by atoms with Crippen molar-refractivity contribution in [3.8, 4) is 0 Å². The fraction of sp³-hybridized carbons (Fsp3) is 0.692. The standard InChI is InChI=1S/C13H17N3O6/c1-3-14-7-12(15(19)20)5-4-11(18)13(8-14,16(21)22)10(12)6-9(2)17/h4-5,10H,3,6-8H2,1-2H3/t10-,12+,13-/m1/s1. The molecule has 0 unspecified atom stereocenters. The molecule has 1 saturated heterocycles. The minimum Gasteiger partial charge on any atom is -0.300 e. The Kier molecular flexibility index (Phi) is 3.86. The summed E-state index contributed by atoms with van der Waals surface area (Å²) in [5.74, 6) is -2.46. The van der Waals surface area contributed by atoms with Crippen molar-refractivity contribution in [2.24, 2.45) is 5.92 Å². The Morgan fingerprint density at radius 3 is 2.45 bits per heavy atom. The van der Waals surface area contributed by atoms with E-state index in [1.54, 1.807) is 6.92 Å². The van der Waals surface area contributed by atoms with Crippen molar-refractivity contribution < 1.29 is 19.4 Å². The number of carbonyl (C=O) groups excluding carboxylic acids is 2. The molecule has 2 rings (SSSR count). The van der Waals surface area contributed by atoms with E-state index in [1.807, 2.05) is 0 Å². The molecule has 0 saturated carbocycles. The first-order chi connectivity index (χ1) is 10.2. The van der Waals surface area contributed by atoms with E-state index in [0.717, 1.165) is 12.2 Å². The van der Waals surface area contributed by atoms with Gasteiger partial charge in [0.1, 0.15) is 11.7 Å². The van der Waals surface area contributed by atoms with Crippen molar-refractivity contribution in [3.63, 3.8) is 0 Å². The lowest BCUT2D eigenvalue weighted by atomic mass is 9.61. The number of nitro groups is 2. The molecule has 0 aromatic carbocycles. The molecule has 0 N–H and O–H groups in total. The number of carbonyl (C=O) groups is 2. The van der Waals surface area contributed by atoms with Crippen LogP contribution in [0.4, 0.5) is 0 Å². The first-order valence-corrected chi connectivity index (χ1v) is 6.95. The Balaban J connectivity index is 2.71. The molecule has 3 atom stereocenters. The van der Waals surface area contributed by atoms with Gasteiger partial charge in [-0.1, -0.05) is 6.92 Å². The predicted molar refractivity (Wildman–Crippen MR) is 74.5 cm³/mol. The molecule has 9 nitrogen and oxygen atoms in total. The molecule has 1 aliphatic heterocycles. The average Bonchev–Trinajstić information content (AvgIpc) is 2.42. The number of piperidine rings is 1. The summed E-state index contributed by atoms with van der Waals surface area (Å²) < 4.78 is 0. The van der Waals surface area contributed by atoms with Crippen LogP contribution < -0.4 is 0 Å². The van der Waals surface area contributed by atoms with Gasteiger partial charge in [0, 0.05) is 16.3 Å². The molecule has 0 spiro atoms. The van der Waals surface area contributed by atoms with Gasteiger partial charge < -0.3 is 4.79 Å². The maximum Gasteiger partial charge on any atom is 0.305 e. The number of rotatable bonds is 5. The minimum absolute atomic E-state index is 0.0478. The quantitative estimate of drug-likeness (QED) is 0.520. The summed E-state index contributed by atoms with van der Waals surface area (Å²) in [4.78, 5) is 47.4. The number of likely N-dealkylation sites (tertiary alicyclic amines) is 1. The second-order valence-electron chi connectivity index (χ2n) is 5.89. The van der Waals surface area contributed by atoms with Crippen LogP contribution in [-0.4, -0.2) is 57.0 Å². The zero-order chi connectivity index (χ0) is 16.7. The van der Waals surface area contributed by atoms with Gasteiger partial charge in [-0.2, -0.15) is 0 Å². The SMILES string of the molecule is CCN1C[C@@]2([N+](=O)[O-])C=CC(=O)[C@@]([N+](=O)[O-])(C1)[C@@H]2CC(C)=O. The minimum atomic E-state index is -2.14. The highest BCUT2D eigenvalue weighted by atomic mass is 16.6. The van der Waals surface area contributed by atoms with Crippen molar-refractivity contribution in [2.75, 3.05) is 19.6 Å². The van der Waals surface area contributed by atoms with E-state index in [2.05, 4.69) is 0 Å². The second kappa shape index (κ2) is 5.24. The highest BCUT2D eigenvalue weighted by molar-refractivity contribution is 5.99. The van der Waals surface area contributed by atoms with Gasteiger partial charge in [-0.3, -0.25) is 29.9 Å². The third-order valence-electron chi connectivity index (χ3n) is 4.68. The van der Waals surface area contributed by atoms with Crippen LogP contribution >= 0.6 is 0 Å². The Morgan fingerprint density at radius 2 is 2.00 bits per heavy atom. The molecule has 120 valence electrons. The molecule has 1 heterocycles. The first kappa shape index (κ1) is 16.2. The molecule has 0 radical (unpaired) electrons. The number of hydrogen-bond donors (Lipinski definition) is 0. The van der Waals surface area contributed by atoms with Gasteiger partial charge in [-0.15, -0.1) is 0 Å². The Bertz CT molecular complexity index is 588. The van der Waals surface area contributed by atoms with Crippen LogP contribution in [0.3, 0.4) is 0 Å². The molecule has 9 heteroatoms. The normalized spacial score (nSPS) is 34.5. The van der Waals surface area contributed by atoms with Gasteiger partial charge in [0.05, 0.1) is 13.1 Å². The summed E-state index contributed by atoms with van der Waals surface area (Å²) in [6.07, 6.45) is 1.71. The topological polar surface area (TPSA) is 124 Å². The van der Waals surface area contributed by atoms with E-state index in [4.69, 9.17) is 0 Å². The first-order valence-electron chi connectivity index (χ1n) is 6.95. The number of fused-ring (bicyclic) bond motifs is 2. The van der Waals surface area contributed by atoms with Crippen LogP contribution in [0.15, 0.2) is 12.2 Å². The molecule has 0 amide bonds. The van der Waals surface area contributed by atoms with Gasteiger partial charge in [-0.25, -0.2) is 0 Å². The Labute approximate surface area is 126 Å². The second-order valence-corrected chi connectivity index (χ2v) is 5.89. The molecular formula is C13H17N3O6. The molecular weight excluding hydrogens is 294 g/mol. The molecule has 0 aromatic heterocycles. The van der Waals surface area contributed by atoms with E-state index >= 15 is 0 Å². The summed E-state index contributed by atoms with van der Waals surface area (Å²) in [7, 11) is 0. The van der Waals surface area contributed by atoms with Crippen molar-refractivity contribution in [3.05, 3.63) is 32.4 Å². The number of likely N-dealkylation sites (N-methyl/N-ethyl adjacent to an activating group) is 1. The molecule has 2 bridgehead atoms. The maximum atomic E-state index is 12.3. The predicted octanol–water partition coefficient (Wildman–Crippen LogP) is 0.0871. The molecule has 22 heavy (non-hydrogen) atoms. The smallest absolute Gasteiger partial charge is 0.300 e. The highest BCUT2D eigenvalue weighted by Crippen LogP contribution is 2.45. The molecule has 0 aromatic rings. The number of Topliss-reactive ketones (excluding diaryl/α,β-unsaturated/α-hetero) is 1. The molecule has 2 aliphatic rings. The van der Waals surface area contributed by atoms with Gasteiger partial charge >= 0.3 is 5.54 Å². The zero-order valence-electron chi connectivity index (χ0n) is 12.4. The Hall–Kier alpha value is -2.16. The third kappa shape index (κ3) is 2.04. The summed E-state index contributed by atoms with van der Waals surface area (Å²) in [5, 5.41) is 23.4. The summed E-state index contributed by atoms with van der Waals surface area (Å²) in [6, 6.07) is 0. The van der Waals surface area contributed by atoms with Crippen LogP contribution in [0.1, 0.15) is 20.3 Å². The van der Waals surface area contributed by atoms with Gasteiger partial charge in [0.15, 0.2) is 0 Å². The monoisotopic (exact) mass is 311 g/mol. The van der Waals surface area contributed by atoms with Crippen molar-refractivity contribution in [1.82, 2.24) is 4.90 Å². The van der Waals surface area contributed by atoms with E-state index < -0.39 is 38.4 Å². The van der Waals surface area contributed by atoms with E-state index in [9.17, 15) is 29.8 Å². The highest BCUT2D eigenvalue weighted by Gasteiger charge is 2.73. The van der Waals surface area contributed by atoms with Crippen molar-refractivity contribution in [1.29, 1.82) is 0 Å². The van der Waals surface area contributed by atoms with Crippen molar-refractivity contribution >= 4 is 11.6 Å².